The number of carbonyl (C=O) groups is 1. The summed E-state index contributed by atoms with van der Waals surface area (Å²) in [6, 6.07) is -0.910. The van der Waals surface area contributed by atoms with Crippen LogP contribution in [0.25, 0.3) is 0 Å². The van der Waals surface area contributed by atoms with E-state index in [0.29, 0.717) is 17.4 Å². The molecule has 0 radical (unpaired) electrons. The number of likely N-dealkylation sites (N-methyl/N-ethyl adjacent to an activating group) is 1. The highest BCUT2D eigenvalue weighted by atomic mass is 31.2. The number of phosphoric acid groups is 1. The number of hydrogen-bond acceptors (Lipinski definition) is 6. The summed E-state index contributed by atoms with van der Waals surface area (Å²) in [5.41, 5.74) is 0. The van der Waals surface area contributed by atoms with Crippen molar-refractivity contribution in [2.75, 3.05) is 40.9 Å². The molecule has 0 aliphatic rings. The molecule has 0 aliphatic carbocycles. The molecule has 0 aromatic rings. The Morgan fingerprint density at radius 2 is 1.09 bits per heavy atom. The Bertz CT molecular complexity index is 1050. The lowest BCUT2D eigenvalue weighted by Gasteiger charge is -2.29. The molecule has 0 aromatic carbocycles. The van der Waals surface area contributed by atoms with Gasteiger partial charge in [0.2, 0.25) is 5.91 Å². The van der Waals surface area contributed by atoms with Crippen LogP contribution < -0.4 is 10.2 Å². The van der Waals surface area contributed by atoms with E-state index in [1.54, 1.807) is 6.08 Å². The molecule has 0 aromatic heterocycles. The van der Waals surface area contributed by atoms with E-state index >= 15 is 0 Å². The Kier molecular flexibility index (Phi) is 37.9. The second-order valence-corrected chi connectivity index (χ2v) is 18.2. The minimum atomic E-state index is -4.60. The number of hydrogen-bond donors (Lipinski definition) is 2. The van der Waals surface area contributed by atoms with Gasteiger partial charge in [0.1, 0.15) is 13.2 Å². The first kappa shape index (κ1) is 54.5. The summed E-state index contributed by atoms with van der Waals surface area (Å²) in [6.45, 7) is 4.54. The monoisotopic (exact) mass is 809 g/mol. The summed E-state index contributed by atoms with van der Waals surface area (Å²) in [5.74, 6) is -0.224. The number of aliphatic hydroxyl groups is 1. The Morgan fingerprint density at radius 3 is 1.62 bits per heavy atom. The molecule has 328 valence electrons. The van der Waals surface area contributed by atoms with Crippen molar-refractivity contribution in [3.63, 3.8) is 0 Å². The number of amides is 1. The fourth-order valence-corrected chi connectivity index (χ4v) is 7.05. The van der Waals surface area contributed by atoms with E-state index in [4.69, 9.17) is 9.05 Å². The smallest absolute Gasteiger partial charge is 0.268 e. The lowest BCUT2D eigenvalue weighted by atomic mass is 10.0. The maximum absolute atomic E-state index is 12.8. The van der Waals surface area contributed by atoms with Crippen LogP contribution in [-0.4, -0.2) is 68.5 Å². The zero-order chi connectivity index (χ0) is 41.4. The predicted molar refractivity (Wildman–Crippen MR) is 238 cm³/mol. The van der Waals surface area contributed by atoms with Crippen molar-refractivity contribution < 1.29 is 32.9 Å². The van der Waals surface area contributed by atoms with Crippen LogP contribution in [0, 0.1) is 0 Å². The minimum Gasteiger partial charge on any atom is -0.756 e. The van der Waals surface area contributed by atoms with Gasteiger partial charge in [0.15, 0.2) is 0 Å². The molecule has 0 rings (SSSR count). The van der Waals surface area contributed by atoms with Gasteiger partial charge in [-0.3, -0.25) is 9.36 Å². The molecule has 0 aliphatic heterocycles. The van der Waals surface area contributed by atoms with Crippen molar-refractivity contribution in [2.24, 2.45) is 0 Å². The molecule has 0 fully saturated rings. The Labute approximate surface area is 346 Å². The minimum absolute atomic E-state index is 0.0105. The van der Waals surface area contributed by atoms with Gasteiger partial charge in [0.05, 0.1) is 39.9 Å². The van der Waals surface area contributed by atoms with E-state index in [1.807, 2.05) is 27.2 Å². The molecule has 3 atom stereocenters. The number of aliphatic hydroxyl groups excluding tert-OH is 1. The maximum atomic E-state index is 12.8. The third kappa shape index (κ3) is 40.6. The van der Waals surface area contributed by atoms with Gasteiger partial charge < -0.3 is 28.8 Å². The van der Waals surface area contributed by atoms with Gasteiger partial charge in [-0.25, -0.2) is 0 Å². The van der Waals surface area contributed by atoms with Crippen molar-refractivity contribution in [1.82, 2.24) is 5.32 Å². The third-order valence-corrected chi connectivity index (χ3v) is 11.0. The fraction of sp³-hybridized carbons (Fsp3) is 0.809. The summed E-state index contributed by atoms with van der Waals surface area (Å²) in [6.07, 6.45) is 48.8. The molecular formula is C47H89N2O6P. The van der Waals surface area contributed by atoms with Gasteiger partial charge in [-0.05, 0) is 57.8 Å². The Hall–Kier alpha value is -1.54. The average molecular weight is 809 g/mol. The van der Waals surface area contributed by atoms with Crippen molar-refractivity contribution >= 4 is 13.7 Å². The number of allylic oxidation sites excluding steroid dienone is 7. The number of quaternary nitrogens is 1. The zero-order valence-corrected chi connectivity index (χ0v) is 38.0. The molecule has 0 bridgehead atoms. The number of rotatable bonds is 41. The average Bonchev–Trinajstić information content (AvgIpc) is 3.15. The number of nitrogens with zero attached hydrogens (tertiary/aromatic N) is 1. The van der Waals surface area contributed by atoms with Crippen LogP contribution in [-0.2, 0) is 18.4 Å². The number of nitrogens with one attached hydrogen (secondary N) is 1. The molecule has 3 unspecified atom stereocenters. The van der Waals surface area contributed by atoms with E-state index in [2.05, 4.69) is 55.6 Å². The second kappa shape index (κ2) is 38.9. The first-order chi connectivity index (χ1) is 27.0. The quantitative estimate of drug-likeness (QED) is 0.0276. The first-order valence-corrected chi connectivity index (χ1v) is 24.5. The van der Waals surface area contributed by atoms with Crippen LogP contribution in [0.3, 0.4) is 0 Å². The first-order valence-electron chi connectivity index (χ1n) is 23.0. The largest absolute Gasteiger partial charge is 0.756 e. The lowest BCUT2D eigenvalue weighted by molar-refractivity contribution is -0.870. The molecule has 0 saturated carbocycles. The molecule has 0 spiro atoms. The van der Waals surface area contributed by atoms with Gasteiger partial charge in [0, 0.05) is 6.42 Å². The van der Waals surface area contributed by atoms with E-state index in [0.717, 1.165) is 70.6 Å². The summed E-state index contributed by atoms with van der Waals surface area (Å²) < 4.78 is 23.2. The topological polar surface area (TPSA) is 108 Å². The fourth-order valence-electron chi connectivity index (χ4n) is 6.32. The molecule has 9 heteroatoms. The van der Waals surface area contributed by atoms with Crippen LogP contribution in [0.1, 0.15) is 194 Å². The number of phosphoric ester groups is 1. The van der Waals surface area contributed by atoms with Crippen molar-refractivity contribution in [3.05, 3.63) is 48.6 Å². The van der Waals surface area contributed by atoms with Crippen molar-refractivity contribution in [3.8, 4) is 0 Å². The van der Waals surface area contributed by atoms with Gasteiger partial charge in [0.25, 0.3) is 7.82 Å². The third-order valence-electron chi connectivity index (χ3n) is 9.99. The molecule has 0 heterocycles. The van der Waals surface area contributed by atoms with Crippen molar-refractivity contribution in [2.45, 2.75) is 206 Å². The number of unbranched alkanes of at least 4 members (excludes halogenated alkanes) is 22. The van der Waals surface area contributed by atoms with Crippen LogP contribution in [0.15, 0.2) is 48.6 Å². The van der Waals surface area contributed by atoms with E-state index in [-0.39, 0.29) is 12.5 Å². The summed E-state index contributed by atoms with van der Waals surface area (Å²) in [4.78, 5) is 25.3. The van der Waals surface area contributed by atoms with Crippen LogP contribution >= 0.6 is 7.82 Å². The maximum Gasteiger partial charge on any atom is 0.268 e. The molecule has 8 nitrogen and oxygen atoms in total. The molecular weight excluding hydrogens is 719 g/mol. The van der Waals surface area contributed by atoms with E-state index < -0.39 is 26.6 Å². The summed E-state index contributed by atoms with van der Waals surface area (Å²) in [5, 5.41) is 13.8. The molecule has 1 amide bonds. The SMILES string of the molecule is CCC/C=C\C/C=C\CCCCCCCC(=O)NC(COP(=O)([O-])OCC[N+](C)(C)C)C(O)/C=C/CC/C=C/CCCCCCCCCCCCCCCCC. The Balaban J connectivity index is 4.43. The summed E-state index contributed by atoms with van der Waals surface area (Å²) in [7, 11) is 1.23. The van der Waals surface area contributed by atoms with E-state index in [9.17, 15) is 19.4 Å². The van der Waals surface area contributed by atoms with Crippen LogP contribution in [0.5, 0.6) is 0 Å². The standard InChI is InChI=1S/C47H89N2O6P/c1-6-8-10-12-14-16-18-20-21-22-23-24-25-26-27-29-30-32-34-36-38-40-46(50)45(44-55-56(52,53)54-43-42-49(3,4)5)48-47(51)41-39-37-35-33-31-28-19-17-15-13-11-9-7-2/h11,13,17,19,30,32,38,40,45-46,50H,6-10,12,14-16,18,20-29,31,33-37,39,41-44H2,1-5H3,(H-,48,51,52,53)/b13-11-,19-17-,32-30+,40-38+. The molecule has 2 N–H and O–H groups in total. The molecule has 56 heavy (non-hydrogen) atoms. The van der Waals surface area contributed by atoms with Gasteiger partial charge in [-0.2, -0.15) is 0 Å². The zero-order valence-electron chi connectivity index (χ0n) is 37.1. The highest BCUT2D eigenvalue weighted by Gasteiger charge is 2.23. The lowest BCUT2D eigenvalue weighted by Crippen LogP contribution is -2.45. The highest BCUT2D eigenvalue weighted by Crippen LogP contribution is 2.38. The highest BCUT2D eigenvalue weighted by molar-refractivity contribution is 7.45. The normalized spacial score (nSPS) is 14.8. The van der Waals surface area contributed by atoms with E-state index in [1.165, 1.54) is 103 Å². The molecule has 0 saturated heterocycles. The van der Waals surface area contributed by atoms with Gasteiger partial charge in [-0.1, -0.05) is 178 Å². The second-order valence-electron chi connectivity index (χ2n) is 16.7. The van der Waals surface area contributed by atoms with Gasteiger partial charge >= 0.3 is 0 Å². The van der Waals surface area contributed by atoms with Crippen LogP contribution in [0.2, 0.25) is 0 Å². The van der Waals surface area contributed by atoms with Gasteiger partial charge in [-0.15, -0.1) is 0 Å². The summed E-state index contributed by atoms with van der Waals surface area (Å²) >= 11 is 0. The number of carbonyl (C=O) groups excluding carboxylic acids is 1. The predicted octanol–water partition coefficient (Wildman–Crippen LogP) is 12.2. The van der Waals surface area contributed by atoms with Crippen molar-refractivity contribution in [1.29, 1.82) is 0 Å². The van der Waals surface area contributed by atoms with Crippen LogP contribution in [0.4, 0.5) is 0 Å². The Morgan fingerprint density at radius 1 is 0.625 bits per heavy atom.